The fourth-order valence-corrected chi connectivity index (χ4v) is 4.71. The van der Waals surface area contributed by atoms with Crippen LogP contribution in [0, 0.1) is 6.92 Å². The Hall–Kier alpha value is -0.630. The van der Waals surface area contributed by atoms with Crippen LogP contribution in [0.1, 0.15) is 19.4 Å². The van der Waals surface area contributed by atoms with Crippen molar-refractivity contribution in [3.63, 3.8) is 0 Å². The Morgan fingerprint density at radius 2 is 1.86 bits per heavy atom. The zero-order chi connectivity index (χ0) is 15.8. The highest BCUT2D eigenvalue weighted by molar-refractivity contribution is 9.10. The van der Waals surface area contributed by atoms with E-state index in [1.165, 1.54) is 11.4 Å². The summed E-state index contributed by atoms with van der Waals surface area (Å²) in [5.41, 5.74) is 0.925. The molecule has 21 heavy (non-hydrogen) atoms. The molecular weight excluding hydrogens is 358 g/mol. The van der Waals surface area contributed by atoms with E-state index in [1.54, 1.807) is 12.1 Å². The molecule has 0 amide bonds. The molecule has 2 rings (SSSR count). The third-order valence-electron chi connectivity index (χ3n) is 3.45. The third-order valence-corrected chi connectivity index (χ3v) is 6.16. The van der Waals surface area contributed by atoms with Gasteiger partial charge in [0.05, 0.1) is 19.3 Å². The average molecular weight is 378 g/mol. The highest BCUT2D eigenvalue weighted by atomic mass is 79.9. The molecule has 118 valence electrons. The van der Waals surface area contributed by atoms with Gasteiger partial charge in [-0.25, -0.2) is 8.42 Å². The van der Waals surface area contributed by atoms with Crippen LogP contribution in [0.4, 0.5) is 0 Å². The molecule has 1 fully saturated rings. The molecule has 1 saturated heterocycles. The molecule has 1 heterocycles. The first kappa shape index (κ1) is 16.7. The molecule has 0 bridgehead atoms. The molecule has 1 aromatic carbocycles. The minimum atomic E-state index is -3.61. The zero-order valence-electron chi connectivity index (χ0n) is 12.6. The summed E-state index contributed by atoms with van der Waals surface area (Å²) in [6.07, 6.45) is -0.244. The van der Waals surface area contributed by atoms with Gasteiger partial charge in [-0.1, -0.05) is 15.9 Å². The molecule has 1 aliphatic rings. The van der Waals surface area contributed by atoms with Crippen molar-refractivity contribution in [1.82, 2.24) is 4.31 Å². The Morgan fingerprint density at radius 3 is 2.38 bits per heavy atom. The van der Waals surface area contributed by atoms with Crippen molar-refractivity contribution in [2.75, 3.05) is 20.2 Å². The van der Waals surface area contributed by atoms with Crippen LogP contribution in [0.25, 0.3) is 0 Å². The Bertz CT molecular complexity index is 622. The second kappa shape index (κ2) is 6.24. The van der Waals surface area contributed by atoms with E-state index in [-0.39, 0.29) is 17.1 Å². The molecule has 2 unspecified atom stereocenters. The highest BCUT2D eigenvalue weighted by Crippen LogP contribution is 2.33. The average Bonchev–Trinajstić information content (AvgIpc) is 2.40. The van der Waals surface area contributed by atoms with Gasteiger partial charge in [-0.2, -0.15) is 4.31 Å². The normalized spacial score (nSPS) is 24.0. The van der Waals surface area contributed by atoms with Crippen molar-refractivity contribution < 1.29 is 17.9 Å². The van der Waals surface area contributed by atoms with Gasteiger partial charge in [0.25, 0.3) is 0 Å². The lowest BCUT2D eigenvalue weighted by atomic mass is 10.2. The van der Waals surface area contributed by atoms with E-state index in [0.717, 1.165) is 10.0 Å². The Kier molecular flexibility index (Phi) is 4.97. The van der Waals surface area contributed by atoms with Crippen molar-refractivity contribution >= 4 is 26.0 Å². The molecule has 1 aromatic rings. The summed E-state index contributed by atoms with van der Waals surface area (Å²) in [7, 11) is -2.13. The molecule has 0 N–H and O–H groups in total. The maximum Gasteiger partial charge on any atom is 0.246 e. The van der Waals surface area contributed by atoms with E-state index in [9.17, 15) is 8.42 Å². The summed E-state index contributed by atoms with van der Waals surface area (Å²) in [5.74, 6) is 0.363. The van der Waals surface area contributed by atoms with E-state index in [2.05, 4.69) is 15.9 Å². The number of benzene rings is 1. The van der Waals surface area contributed by atoms with Crippen molar-refractivity contribution in [3.8, 4) is 5.75 Å². The number of ether oxygens (including phenoxy) is 2. The van der Waals surface area contributed by atoms with Gasteiger partial charge >= 0.3 is 0 Å². The predicted molar refractivity (Wildman–Crippen MR) is 84.2 cm³/mol. The first-order chi connectivity index (χ1) is 9.75. The van der Waals surface area contributed by atoms with Crippen LogP contribution in [-0.2, 0) is 14.8 Å². The van der Waals surface area contributed by atoms with Gasteiger partial charge in [-0.3, -0.25) is 0 Å². The summed E-state index contributed by atoms with van der Waals surface area (Å²) in [6, 6.07) is 3.33. The first-order valence-corrected chi connectivity index (χ1v) is 8.98. The van der Waals surface area contributed by atoms with E-state index in [4.69, 9.17) is 9.47 Å². The molecule has 1 aliphatic heterocycles. The molecule has 5 nitrogen and oxygen atoms in total. The van der Waals surface area contributed by atoms with Crippen molar-refractivity contribution in [2.45, 2.75) is 37.9 Å². The molecule has 0 radical (unpaired) electrons. The molecule has 7 heteroatoms. The minimum Gasteiger partial charge on any atom is -0.495 e. The van der Waals surface area contributed by atoms with Crippen molar-refractivity contribution in [2.24, 2.45) is 0 Å². The summed E-state index contributed by atoms with van der Waals surface area (Å²) in [5, 5.41) is 0. The Labute approximate surface area is 134 Å². The highest BCUT2D eigenvalue weighted by Gasteiger charge is 2.34. The van der Waals surface area contributed by atoms with Crippen LogP contribution >= 0.6 is 15.9 Å². The lowest BCUT2D eigenvalue weighted by molar-refractivity contribution is -0.0441. The summed E-state index contributed by atoms with van der Waals surface area (Å²) >= 11 is 3.39. The van der Waals surface area contributed by atoms with Crippen LogP contribution in [0.2, 0.25) is 0 Å². The Morgan fingerprint density at radius 1 is 1.29 bits per heavy atom. The molecular formula is C14H20BrNO4S. The summed E-state index contributed by atoms with van der Waals surface area (Å²) in [4.78, 5) is 0.184. The molecule has 0 aromatic heterocycles. The van der Waals surface area contributed by atoms with Gasteiger partial charge in [0.1, 0.15) is 10.6 Å². The van der Waals surface area contributed by atoms with Gasteiger partial charge in [-0.15, -0.1) is 0 Å². The lowest BCUT2D eigenvalue weighted by Crippen LogP contribution is -2.48. The van der Waals surface area contributed by atoms with Crippen LogP contribution < -0.4 is 4.74 Å². The largest absolute Gasteiger partial charge is 0.495 e. The number of rotatable bonds is 3. The number of morpholine rings is 1. The summed E-state index contributed by atoms with van der Waals surface area (Å²) < 4.78 is 38.8. The number of aryl methyl sites for hydroxylation is 1. The van der Waals surface area contributed by atoms with Gasteiger partial charge in [0.15, 0.2) is 0 Å². The monoisotopic (exact) mass is 377 g/mol. The SMILES string of the molecule is COc1cc(C)c(Br)cc1S(=O)(=O)N1CC(C)OC(C)C1. The quantitative estimate of drug-likeness (QED) is 0.811. The first-order valence-electron chi connectivity index (χ1n) is 6.75. The minimum absolute atomic E-state index is 0.122. The van der Waals surface area contributed by atoms with E-state index in [1.807, 2.05) is 20.8 Å². The number of hydrogen-bond donors (Lipinski definition) is 0. The maximum atomic E-state index is 12.9. The number of halogens is 1. The molecule has 2 atom stereocenters. The van der Waals surface area contributed by atoms with Gasteiger partial charge in [0, 0.05) is 17.6 Å². The fourth-order valence-electron chi connectivity index (χ4n) is 2.46. The van der Waals surface area contributed by atoms with Gasteiger partial charge in [0.2, 0.25) is 10.0 Å². The second-order valence-electron chi connectivity index (χ2n) is 5.33. The standard InChI is InChI=1S/C14H20BrNO4S/c1-9-5-13(19-4)14(6-12(9)15)21(17,18)16-7-10(2)20-11(3)8-16/h5-6,10-11H,7-8H2,1-4H3. The van der Waals surface area contributed by atoms with E-state index in [0.29, 0.717) is 18.8 Å². The summed E-state index contributed by atoms with van der Waals surface area (Å²) in [6.45, 7) is 6.34. The van der Waals surface area contributed by atoms with Crippen molar-refractivity contribution in [3.05, 3.63) is 22.2 Å². The topological polar surface area (TPSA) is 55.8 Å². The van der Waals surface area contributed by atoms with Crippen LogP contribution in [0.5, 0.6) is 5.75 Å². The molecule has 0 spiro atoms. The van der Waals surface area contributed by atoms with Gasteiger partial charge in [-0.05, 0) is 38.5 Å². The third kappa shape index (κ3) is 3.41. The number of sulfonamides is 1. The fraction of sp³-hybridized carbons (Fsp3) is 0.571. The van der Waals surface area contributed by atoms with Crippen molar-refractivity contribution in [1.29, 1.82) is 0 Å². The van der Waals surface area contributed by atoms with Gasteiger partial charge < -0.3 is 9.47 Å². The van der Waals surface area contributed by atoms with E-state index < -0.39 is 10.0 Å². The van der Waals surface area contributed by atoms with Crippen LogP contribution in [-0.4, -0.2) is 45.1 Å². The number of nitrogens with zero attached hydrogens (tertiary/aromatic N) is 1. The molecule has 0 saturated carbocycles. The molecule has 0 aliphatic carbocycles. The number of methoxy groups -OCH3 is 1. The lowest BCUT2D eigenvalue weighted by Gasteiger charge is -2.34. The predicted octanol–water partition coefficient (Wildman–Crippen LogP) is 2.56. The van der Waals surface area contributed by atoms with Crippen LogP contribution in [0.15, 0.2) is 21.5 Å². The Balaban J connectivity index is 2.46. The van der Waals surface area contributed by atoms with Crippen LogP contribution in [0.3, 0.4) is 0 Å². The smallest absolute Gasteiger partial charge is 0.246 e. The maximum absolute atomic E-state index is 12.9. The zero-order valence-corrected chi connectivity index (χ0v) is 15.0. The number of hydrogen-bond acceptors (Lipinski definition) is 4. The van der Waals surface area contributed by atoms with E-state index >= 15 is 0 Å². The second-order valence-corrected chi connectivity index (χ2v) is 8.09.